The highest BCUT2D eigenvalue weighted by molar-refractivity contribution is 5.95. The lowest BCUT2D eigenvalue weighted by molar-refractivity contribution is 0.0689. The lowest BCUT2D eigenvalue weighted by Crippen LogP contribution is -2.44. The van der Waals surface area contributed by atoms with Crippen LogP contribution >= 0.6 is 0 Å². The molecule has 21 heavy (non-hydrogen) atoms. The minimum atomic E-state index is -1.09. The summed E-state index contributed by atoms with van der Waals surface area (Å²) in [6, 6.07) is 3.07. The summed E-state index contributed by atoms with van der Waals surface area (Å²) in [6.07, 6.45) is 5.86. The fourth-order valence-electron chi connectivity index (χ4n) is 3.04. The Morgan fingerprint density at radius 2 is 2.00 bits per heavy atom. The molecule has 2 unspecified atom stereocenters. The molecule has 5 nitrogen and oxygen atoms in total. The van der Waals surface area contributed by atoms with E-state index in [-0.39, 0.29) is 17.6 Å². The van der Waals surface area contributed by atoms with Crippen LogP contribution in [0.15, 0.2) is 18.3 Å². The summed E-state index contributed by atoms with van der Waals surface area (Å²) in [5, 5.41) is 11.9. The van der Waals surface area contributed by atoms with Gasteiger partial charge in [-0.3, -0.25) is 4.79 Å². The highest BCUT2D eigenvalue weighted by atomic mass is 16.4. The molecule has 1 aromatic rings. The normalized spacial score (nSPS) is 22.0. The van der Waals surface area contributed by atoms with E-state index in [0.717, 1.165) is 19.3 Å². The Morgan fingerprint density at radius 1 is 1.29 bits per heavy atom. The minimum absolute atomic E-state index is 0.0516. The number of nitrogens with one attached hydrogen (secondary N) is 1. The number of hydrogen-bond acceptors (Lipinski definition) is 3. The average Bonchev–Trinajstić information content (AvgIpc) is 2.47. The molecular formula is C16H22N2O3. The van der Waals surface area contributed by atoms with E-state index < -0.39 is 5.97 Å². The van der Waals surface area contributed by atoms with Crippen LogP contribution in [0.2, 0.25) is 0 Å². The predicted molar refractivity (Wildman–Crippen MR) is 79.2 cm³/mol. The molecule has 1 aliphatic rings. The van der Waals surface area contributed by atoms with Gasteiger partial charge in [-0.25, -0.2) is 9.78 Å². The molecule has 0 bridgehead atoms. The van der Waals surface area contributed by atoms with Crippen molar-refractivity contribution in [3.8, 4) is 0 Å². The second kappa shape index (κ2) is 6.70. The second-order valence-corrected chi connectivity index (χ2v) is 6.01. The quantitative estimate of drug-likeness (QED) is 0.893. The number of nitrogens with zero attached hydrogens (tertiary/aromatic N) is 1. The monoisotopic (exact) mass is 290 g/mol. The summed E-state index contributed by atoms with van der Waals surface area (Å²) in [5.41, 5.74) is 0.359. The third-order valence-corrected chi connectivity index (χ3v) is 4.24. The lowest BCUT2D eigenvalue weighted by Gasteiger charge is -2.34. The lowest BCUT2D eigenvalue weighted by atomic mass is 9.78. The van der Waals surface area contributed by atoms with Crippen molar-refractivity contribution in [3.05, 3.63) is 29.6 Å². The Hall–Kier alpha value is -1.91. The number of carboxylic acid groups (broad SMARTS) is 1. The highest BCUT2D eigenvalue weighted by Gasteiger charge is 2.28. The first-order chi connectivity index (χ1) is 9.99. The van der Waals surface area contributed by atoms with E-state index in [0.29, 0.717) is 17.4 Å². The van der Waals surface area contributed by atoms with Crippen LogP contribution in [0.25, 0.3) is 0 Å². The predicted octanol–water partition coefficient (Wildman–Crippen LogP) is 2.72. The second-order valence-electron chi connectivity index (χ2n) is 6.01. The van der Waals surface area contributed by atoms with Gasteiger partial charge in [0.2, 0.25) is 0 Å². The van der Waals surface area contributed by atoms with Crippen LogP contribution < -0.4 is 5.32 Å². The molecule has 1 aliphatic carbocycles. The van der Waals surface area contributed by atoms with Gasteiger partial charge in [0.15, 0.2) is 0 Å². The van der Waals surface area contributed by atoms with Crippen LogP contribution in [0, 0.1) is 11.8 Å². The smallest absolute Gasteiger partial charge is 0.354 e. The van der Waals surface area contributed by atoms with Crippen molar-refractivity contribution in [1.29, 1.82) is 0 Å². The van der Waals surface area contributed by atoms with E-state index in [1.54, 1.807) is 0 Å². The Kier molecular flexibility index (Phi) is 4.94. The van der Waals surface area contributed by atoms with Crippen molar-refractivity contribution in [1.82, 2.24) is 10.3 Å². The Bertz CT molecular complexity index is 511. The van der Waals surface area contributed by atoms with Crippen LogP contribution in [0.5, 0.6) is 0 Å². The Balaban J connectivity index is 2.04. The molecule has 0 aromatic carbocycles. The summed E-state index contributed by atoms with van der Waals surface area (Å²) in [6.45, 7) is 4.39. The Labute approximate surface area is 124 Å². The molecule has 5 heteroatoms. The van der Waals surface area contributed by atoms with Crippen LogP contribution in [0.3, 0.4) is 0 Å². The maximum absolute atomic E-state index is 12.3. The SMILES string of the molecule is CC(C)C1CCCCC1NC(=O)c1ccc(C(=O)O)nc1. The molecular weight excluding hydrogens is 268 g/mol. The van der Waals surface area contributed by atoms with E-state index in [1.807, 2.05) is 0 Å². The van der Waals surface area contributed by atoms with E-state index >= 15 is 0 Å². The number of carbonyl (C=O) groups excluding carboxylic acids is 1. The van der Waals surface area contributed by atoms with E-state index in [4.69, 9.17) is 5.11 Å². The van der Waals surface area contributed by atoms with Gasteiger partial charge in [-0.15, -0.1) is 0 Å². The van der Waals surface area contributed by atoms with Crippen molar-refractivity contribution in [2.75, 3.05) is 0 Å². The maximum atomic E-state index is 12.3. The van der Waals surface area contributed by atoms with Gasteiger partial charge >= 0.3 is 5.97 Å². The topological polar surface area (TPSA) is 79.3 Å². The molecule has 1 amide bonds. The molecule has 2 rings (SSSR count). The summed E-state index contributed by atoms with van der Waals surface area (Å²) in [4.78, 5) is 26.8. The van der Waals surface area contributed by atoms with Crippen molar-refractivity contribution in [3.63, 3.8) is 0 Å². The van der Waals surface area contributed by atoms with Gasteiger partial charge in [-0.2, -0.15) is 0 Å². The van der Waals surface area contributed by atoms with Gasteiger partial charge < -0.3 is 10.4 Å². The molecule has 1 fully saturated rings. The van der Waals surface area contributed by atoms with Crippen molar-refractivity contribution >= 4 is 11.9 Å². The van der Waals surface area contributed by atoms with Crippen molar-refractivity contribution in [2.24, 2.45) is 11.8 Å². The summed E-state index contributed by atoms with van der Waals surface area (Å²) >= 11 is 0. The molecule has 1 aromatic heterocycles. The first-order valence-electron chi connectivity index (χ1n) is 7.49. The number of carbonyl (C=O) groups is 2. The average molecular weight is 290 g/mol. The van der Waals surface area contributed by atoms with Crippen LogP contribution in [0.4, 0.5) is 0 Å². The largest absolute Gasteiger partial charge is 0.477 e. The van der Waals surface area contributed by atoms with Gasteiger partial charge in [-0.05, 0) is 36.8 Å². The van der Waals surface area contributed by atoms with Gasteiger partial charge in [0.1, 0.15) is 5.69 Å². The first-order valence-corrected chi connectivity index (χ1v) is 7.49. The van der Waals surface area contributed by atoms with Gasteiger partial charge in [0.25, 0.3) is 5.91 Å². The zero-order chi connectivity index (χ0) is 15.4. The third-order valence-electron chi connectivity index (χ3n) is 4.24. The number of rotatable bonds is 4. The molecule has 1 heterocycles. The third kappa shape index (κ3) is 3.80. The van der Waals surface area contributed by atoms with Crippen LogP contribution in [0.1, 0.15) is 60.4 Å². The number of pyridine rings is 1. The summed E-state index contributed by atoms with van der Waals surface area (Å²) < 4.78 is 0. The minimum Gasteiger partial charge on any atom is -0.477 e. The number of carboxylic acids is 1. The van der Waals surface area contributed by atoms with Crippen molar-refractivity contribution in [2.45, 2.75) is 45.6 Å². The first kappa shape index (κ1) is 15.5. The number of hydrogen-bond donors (Lipinski definition) is 2. The summed E-state index contributed by atoms with van der Waals surface area (Å²) in [7, 11) is 0. The van der Waals surface area contributed by atoms with E-state index in [1.165, 1.54) is 24.8 Å². The molecule has 0 saturated heterocycles. The number of aromatic nitrogens is 1. The van der Waals surface area contributed by atoms with Gasteiger partial charge in [0.05, 0.1) is 5.56 Å². The maximum Gasteiger partial charge on any atom is 0.354 e. The fraction of sp³-hybridized carbons (Fsp3) is 0.562. The van der Waals surface area contributed by atoms with Crippen molar-refractivity contribution < 1.29 is 14.7 Å². The zero-order valence-electron chi connectivity index (χ0n) is 12.5. The molecule has 114 valence electrons. The molecule has 0 radical (unpaired) electrons. The fourth-order valence-corrected chi connectivity index (χ4v) is 3.04. The molecule has 2 N–H and O–H groups in total. The molecule has 0 aliphatic heterocycles. The standard InChI is InChI=1S/C16H22N2O3/c1-10(2)12-5-3-4-6-13(12)18-15(19)11-7-8-14(16(20)21)17-9-11/h7-10,12-13H,3-6H2,1-2H3,(H,18,19)(H,20,21). The van der Waals surface area contributed by atoms with Crippen LogP contribution in [-0.2, 0) is 0 Å². The zero-order valence-corrected chi connectivity index (χ0v) is 12.5. The van der Waals surface area contributed by atoms with Gasteiger partial charge in [0, 0.05) is 12.2 Å². The number of aromatic carboxylic acids is 1. The summed E-state index contributed by atoms with van der Waals surface area (Å²) in [5.74, 6) is -0.205. The van der Waals surface area contributed by atoms with E-state index in [2.05, 4.69) is 24.1 Å². The number of amides is 1. The molecule has 2 atom stereocenters. The molecule has 0 spiro atoms. The van der Waals surface area contributed by atoms with Crippen LogP contribution in [-0.4, -0.2) is 28.0 Å². The highest BCUT2D eigenvalue weighted by Crippen LogP contribution is 2.30. The molecule has 1 saturated carbocycles. The van der Waals surface area contributed by atoms with E-state index in [9.17, 15) is 9.59 Å². The van der Waals surface area contributed by atoms with Gasteiger partial charge in [-0.1, -0.05) is 26.7 Å². The Morgan fingerprint density at radius 3 is 2.57 bits per heavy atom.